The summed E-state index contributed by atoms with van der Waals surface area (Å²) < 4.78 is 15.6. The van der Waals surface area contributed by atoms with E-state index >= 15 is 0 Å². The van der Waals surface area contributed by atoms with Gasteiger partial charge in [-0.15, -0.1) is 0 Å². The van der Waals surface area contributed by atoms with Crippen molar-refractivity contribution in [2.24, 2.45) is 0 Å². The van der Waals surface area contributed by atoms with Crippen molar-refractivity contribution in [3.05, 3.63) is 39.9 Å². The lowest BCUT2D eigenvalue weighted by Gasteiger charge is -2.26. The van der Waals surface area contributed by atoms with Crippen LogP contribution in [0.3, 0.4) is 0 Å². The zero-order chi connectivity index (χ0) is 19.9. The van der Waals surface area contributed by atoms with E-state index in [1.807, 2.05) is 0 Å². The number of ether oxygens (including phenoxy) is 3. The number of alkyl carbamates (subject to hydrolysis) is 1. The molecule has 2 atom stereocenters. The second kappa shape index (κ2) is 9.14. The summed E-state index contributed by atoms with van der Waals surface area (Å²) in [6, 6.07) is 4.41. The average molecular weight is 368 g/mol. The fourth-order valence-corrected chi connectivity index (χ4v) is 1.97. The zero-order valence-electron chi connectivity index (χ0n) is 15.5. The summed E-state index contributed by atoms with van der Waals surface area (Å²) in [5.74, 6) is -0.667. The van der Waals surface area contributed by atoms with Crippen LogP contribution in [0.4, 0.5) is 10.5 Å². The van der Waals surface area contributed by atoms with E-state index in [4.69, 9.17) is 14.2 Å². The number of methoxy groups -OCH3 is 1. The Morgan fingerprint density at radius 2 is 1.81 bits per heavy atom. The van der Waals surface area contributed by atoms with Gasteiger partial charge in [-0.1, -0.05) is 0 Å². The molecule has 9 nitrogen and oxygen atoms in total. The SMILES string of the molecule is COC[C@@H](NC(=O)OC(C)(C)C)[C@@H](C)OC(=O)c1ccc([N+](=O)[O-])cc1. The molecule has 0 aliphatic rings. The molecule has 1 N–H and O–H groups in total. The summed E-state index contributed by atoms with van der Waals surface area (Å²) in [4.78, 5) is 34.2. The molecule has 0 fully saturated rings. The number of amides is 1. The average Bonchev–Trinajstić information content (AvgIpc) is 2.52. The van der Waals surface area contributed by atoms with Crippen LogP contribution in [0.25, 0.3) is 0 Å². The lowest BCUT2D eigenvalue weighted by atomic mass is 10.1. The fraction of sp³-hybridized carbons (Fsp3) is 0.529. The predicted molar refractivity (Wildman–Crippen MR) is 93.0 cm³/mol. The zero-order valence-corrected chi connectivity index (χ0v) is 15.5. The van der Waals surface area contributed by atoms with Crippen LogP contribution >= 0.6 is 0 Å². The first kappa shape index (κ1) is 21.4. The Balaban J connectivity index is 2.73. The minimum Gasteiger partial charge on any atom is -0.457 e. The molecule has 0 aliphatic heterocycles. The highest BCUT2D eigenvalue weighted by molar-refractivity contribution is 5.89. The summed E-state index contributed by atoms with van der Waals surface area (Å²) in [6.45, 7) is 6.90. The minimum atomic E-state index is -0.717. The third kappa shape index (κ3) is 7.06. The Labute approximate surface area is 151 Å². The van der Waals surface area contributed by atoms with Gasteiger partial charge in [0.2, 0.25) is 0 Å². The number of nitrogens with zero attached hydrogens (tertiary/aromatic N) is 1. The highest BCUT2D eigenvalue weighted by Gasteiger charge is 2.26. The first-order valence-corrected chi connectivity index (χ1v) is 7.97. The number of nitro groups is 1. The van der Waals surface area contributed by atoms with Gasteiger partial charge in [-0.3, -0.25) is 10.1 Å². The predicted octanol–water partition coefficient (Wildman–Crippen LogP) is 2.68. The smallest absolute Gasteiger partial charge is 0.408 e. The molecule has 0 unspecified atom stereocenters. The van der Waals surface area contributed by atoms with Gasteiger partial charge in [-0.25, -0.2) is 9.59 Å². The largest absolute Gasteiger partial charge is 0.457 e. The lowest BCUT2D eigenvalue weighted by Crippen LogP contribution is -2.48. The molecule has 0 radical (unpaired) electrons. The Hall–Kier alpha value is -2.68. The quantitative estimate of drug-likeness (QED) is 0.447. The monoisotopic (exact) mass is 368 g/mol. The third-order valence-corrected chi connectivity index (χ3v) is 3.22. The fourth-order valence-electron chi connectivity index (χ4n) is 1.97. The second-order valence-electron chi connectivity index (χ2n) is 6.62. The van der Waals surface area contributed by atoms with Gasteiger partial charge < -0.3 is 19.5 Å². The topological polar surface area (TPSA) is 117 Å². The van der Waals surface area contributed by atoms with Gasteiger partial charge in [0.1, 0.15) is 11.7 Å². The maximum Gasteiger partial charge on any atom is 0.408 e. The Kier molecular flexibility index (Phi) is 7.51. The molecule has 1 aromatic carbocycles. The van der Waals surface area contributed by atoms with Gasteiger partial charge in [-0.2, -0.15) is 0 Å². The second-order valence-corrected chi connectivity index (χ2v) is 6.62. The molecule has 26 heavy (non-hydrogen) atoms. The lowest BCUT2D eigenvalue weighted by molar-refractivity contribution is -0.384. The van der Waals surface area contributed by atoms with E-state index in [9.17, 15) is 19.7 Å². The standard InChI is InChI=1S/C17H24N2O7/c1-11(14(10-24-5)18-16(21)26-17(2,3)4)25-15(20)12-6-8-13(9-7-12)19(22)23/h6-9,11,14H,10H2,1-5H3,(H,18,21)/t11-,14-/m1/s1. The van der Waals surface area contributed by atoms with Crippen molar-refractivity contribution in [2.45, 2.75) is 45.4 Å². The highest BCUT2D eigenvalue weighted by atomic mass is 16.6. The normalized spacial score (nSPS) is 13.4. The van der Waals surface area contributed by atoms with Crippen LogP contribution in [0.1, 0.15) is 38.1 Å². The maximum atomic E-state index is 12.2. The van der Waals surface area contributed by atoms with E-state index < -0.39 is 34.7 Å². The van der Waals surface area contributed by atoms with E-state index in [-0.39, 0.29) is 17.9 Å². The Morgan fingerprint density at radius 3 is 2.27 bits per heavy atom. The molecule has 9 heteroatoms. The van der Waals surface area contributed by atoms with Crippen LogP contribution < -0.4 is 5.32 Å². The number of carbonyl (C=O) groups excluding carboxylic acids is 2. The first-order chi connectivity index (χ1) is 12.0. The van der Waals surface area contributed by atoms with Crippen molar-refractivity contribution in [3.63, 3.8) is 0 Å². The van der Waals surface area contributed by atoms with Gasteiger partial charge in [0.05, 0.1) is 23.1 Å². The van der Waals surface area contributed by atoms with E-state index in [0.717, 1.165) is 0 Å². The van der Waals surface area contributed by atoms with Crippen molar-refractivity contribution in [1.82, 2.24) is 5.32 Å². The van der Waals surface area contributed by atoms with Crippen LogP contribution in [-0.2, 0) is 14.2 Å². The minimum absolute atomic E-state index is 0.105. The number of nitrogens with one attached hydrogen (secondary N) is 1. The molecule has 0 aliphatic carbocycles. The van der Waals surface area contributed by atoms with Gasteiger partial charge in [-0.05, 0) is 39.8 Å². The van der Waals surface area contributed by atoms with Crippen LogP contribution in [0.2, 0.25) is 0 Å². The summed E-state index contributed by atoms with van der Waals surface area (Å²) in [5, 5.41) is 13.2. The summed E-state index contributed by atoms with van der Waals surface area (Å²) in [6.07, 6.45) is -1.37. The number of hydrogen-bond acceptors (Lipinski definition) is 7. The number of non-ortho nitro benzene ring substituents is 1. The molecule has 144 valence electrons. The van der Waals surface area contributed by atoms with Gasteiger partial charge >= 0.3 is 12.1 Å². The number of hydrogen-bond donors (Lipinski definition) is 1. The van der Waals surface area contributed by atoms with Gasteiger partial charge in [0.15, 0.2) is 0 Å². The molecule has 0 heterocycles. The molecule has 0 saturated heterocycles. The number of nitro benzene ring substituents is 1. The van der Waals surface area contributed by atoms with Crippen LogP contribution in [0, 0.1) is 10.1 Å². The molecular weight excluding hydrogens is 344 g/mol. The number of esters is 1. The van der Waals surface area contributed by atoms with Crippen molar-refractivity contribution >= 4 is 17.7 Å². The van der Waals surface area contributed by atoms with Gasteiger partial charge in [0, 0.05) is 19.2 Å². The number of rotatable bonds is 7. The molecule has 0 spiro atoms. The highest BCUT2D eigenvalue weighted by Crippen LogP contribution is 2.14. The van der Waals surface area contributed by atoms with E-state index in [0.29, 0.717) is 0 Å². The molecule has 0 saturated carbocycles. The molecule has 1 aromatic rings. The summed E-state index contributed by atoms with van der Waals surface area (Å²) in [7, 11) is 1.45. The van der Waals surface area contributed by atoms with Crippen LogP contribution in [0.15, 0.2) is 24.3 Å². The van der Waals surface area contributed by atoms with Gasteiger partial charge in [0.25, 0.3) is 5.69 Å². The van der Waals surface area contributed by atoms with Crippen LogP contribution in [0.5, 0.6) is 0 Å². The van der Waals surface area contributed by atoms with Crippen LogP contribution in [-0.4, -0.2) is 48.4 Å². The Morgan fingerprint density at radius 1 is 1.23 bits per heavy atom. The van der Waals surface area contributed by atoms with E-state index in [2.05, 4.69) is 5.32 Å². The third-order valence-electron chi connectivity index (χ3n) is 3.22. The maximum absolute atomic E-state index is 12.2. The van der Waals surface area contributed by atoms with Crippen molar-refractivity contribution in [1.29, 1.82) is 0 Å². The van der Waals surface area contributed by atoms with E-state index in [1.165, 1.54) is 31.4 Å². The molecule has 0 bridgehead atoms. The summed E-state index contributed by atoms with van der Waals surface area (Å²) in [5.41, 5.74) is -0.630. The van der Waals surface area contributed by atoms with E-state index in [1.54, 1.807) is 27.7 Å². The number of carbonyl (C=O) groups is 2. The first-order valence-electron chi connectivity index (χ1n) is 7.97. The van der Waals surface area contributed by atoms with Crippen molar-refractivity contribution in [3.8, 4) is 0 Å². The van der Waals surface area contributed by atoms with Crippen molar-refractivity contribution < 1.29 is 28.7 Å². The number of benzene rings is 1. The van der Waals surface area contributed by atoms with Crippen molar-refractivity contribution in [2.75, 3.05) is 13.7 Å². The molecular formula is C17H24N2O7. The molecule has 0 aromatic heterocycles. The summed E-state index contributed by atoms with van der Waals surface area (Å²) >= 11 is 0. The molecule has 1 rings (SSSR count). The Bertz CT molecular complexity index is 638. The molecule has 1 amide bonds.